The van der Waals surface area contributed by atoms with Gasteiger partial charge in [-0.15, -0.1) is 11.3 Å². The summed E-state index contributed by atoms with van der Waals surface area (Å²) in [5.74, 6) is -2.73. The van der Waals surface area contributed by atoms with Crippen LogP contribution < -0.4 is 10.1 Å². The number of aryl methyl sites for hydroxylation is 1. The number of amides is 1. The molecular weight excluding hydrogens is 286 g/mol. The first-order valence-electron chi connectivity index (χ1n) is 5.73. The van der Waals surface area contributed by atoms with Gasteiger partial charge in [0.05, 0.1) is 24.4 Å². The van der Waals surface area contributed by atoms with Crippen LogP contribution in [0.2, 0.25) is 0 Å². The standard InChI is InChI=1S/C13H12F2N2O2S/c1-7-17-8(6-20-7)5-16-13(18)12-10(14)3-9(19-2)4-11(12)15/h3-4,6H,5H2,1-2H3,(H,16,18). The molecule has 20 heavy (non-hydrogen) atoms. The van der Waals surface area contributed by atoms with Gasteiger partial charge < -0.3 is 10.1 Å². The van der Waals surface area contributed by atoms with Crippen molar-refractivity contribution < 1.29 is 18.3 Å². The first kappa shape index (κ1) is 14.4. The topological polar surface area (TPSA) is 51.2 Å². The van der Waals surface area contributed by atoms with Gasteiger partial charge in [-0.1, -0.05) is 0 Å². The van der Waals surface area contributed by atoms with E-state index in [1.165, 1.54) is 18.4 Å². The number of nitrogens with one attached hydrogen (secondary N) is 1. The molecule has 1 N–H and O–H groups in total. The maximum Gasteiger partial charge on any atom is 0.257 e. The number of hydrogen-bond donors (Lipinski definition) is 1. The second-order valence-corrected chi connectivity index (χ2v) is 5.07. The van der Waals surface area contributed by atoms with Crippen molar-refractivity contribution in [3.8, 4) is 5.75 Å². The van der Waals surface area contributed by atoms with E-state index in [1.54, 1.807) is 5.38 Å². The predicted molar refractivity (Wildman–Crippen MR) is 70.9 cm³/mol. The lowest BCUT2D eigenvalue weighted by atomic mass is 10.1. The van der Waals surface area contributed by atoms with Crippen LogP contribution in [0.1, 0.15) is 21.1 Å². The van der Waals surface area contributed by atoms with Gasteiger partial charge in [0.1, 0.15) is 22.9 Å². The van der Waals surface area contributed by atoms with Gasteiger partial charge in [0.25, 0.3) is 5.91 Å². The SMILES string of the molecule is COc1cc(F)c(C(=O)NCc2csc(C)n2)c(F)c1. The smallest absolute Gasteiger partial charge is 0.257 e. The third-order valence-electron chi connectivity index (χ3n) is 2.58. The van der Waals surface area contributed by atoms with E-state index in [4.69, 9.17) is 4.74 Å². The van der Waals surface area contributed by atoms with Gasteiger partial charge in [0.2, 0.25) is 0 Å². The van der Waals surface area contributed by atoms with E-state index in [9.17, 15) is 13.6 Å². The number of thiazole rings is 1. The highest BCUT2D eigenvalue weighted by Gasteiger charge is 2.19. The Bertz CT molecular complexity index is 620. The van der Waals surface area contributed by atoms with Crippen LogP contribution in [0.25, 0.3) is 0 Å². The summed E-state index contributed by atoms with van der Waals surface area (Å²) in [6.45, 7) is 1.95. The van der Waals surface area contributed by atoms with Gasteiger partial charge in [-0.2, -0.15) is 0 Å². The lowest BCUT2D eigenvalue weighted by Crippen LogP contribution is -2.25. The molecule has 0 unspecified atom stereocenters. The predicted octanol–water partition coefficient (Wildman–Crippen LogP) is 2.67. The van der Waals surface area contributed by atoms with Crippen LogP contribution >= 0.6 is 11.3 Å². The largest absolute Gasteiger partial charge is 0.497 e. The molecule has 0 aliphatic heterocycles. The highest BCUT2D eigenvalue weighted by molar-refractivity contribution is 7.09. The van der Waals surface area contributed by atoms with Gasteiger partial charge in [0, 0.05) is 17.5 Å². The molecular formula is C13H12F2N2O2S. The molecule has 2 rings (SSSR count). The molecule has 1 aromatic carbocycles. The summed E-state index contributed by atoms with van der Waals surface area (Å²) in [4.78, 5) is 16.0. The van der Waals surface area contributed by atoms with Crippen LogP contribution in [-0.4, -0.2) is 18.0 Å². The van der Waals surface area contributed by atoms with Gasteiger partial charge >= 0.3 is 0 Å². The van der Waals surface area contributed by atoms with E-state index >= 15 is 0 Å². The zero-order chi connectivity index (χ0) is 14.7. The summed E-state index contributed by atoms with van der Waals surface area (Å²) in [5, 5.41) is 5.06. The zero-order valence-corrected chi connectivity index (χ0v) is 11.7. The van der Waals surface area contributed by atoms with E-state index in [1.807, 2.05) is 6.92 Å². The molecule has 1 amide bonds. The average Bonchev–Trinajstić information content (AvgIpc) is 2.81. The molecule has 0 saturated heterocycles. The first-order valence-corrected chi connectivity index (χ1v) is 6.61. The highest BCUT2D eigenvalue weighted by Crippen LogP contribution is 2.20. The van der Waals surface area contributed by atoms with Gasteiger partial charge in [-0.05, 0) is 6.92 Å². The van der Waals surface area contributed by atoms with Crippen molar-refractivity contribution >= 4 is 17.2 Å². The fraction of sp³-hybridized carbons (Fsp3) is 0.231. The molecule has 0 aliphatic rings. The number of methoxy groups -OCH3 is 1. The minimum absolute atomic E-state index is 0.0201. The second kappa shape index (κ2) is 5.96. The molecule has 0 fully saturated rings. The number of rotatable bonds is 4. The van der Waals surface area contributed by atoms with Crippen LogP contribution in [-0.2, 0) is 6.54 Å². The van der Waals surface area contributed by atoms with Crippen molar-refractivity contribution in [3.05, 3.63) is 45.4 Å². The third kappa shape index (κ3) is 3.11. The quantitative estimate of drug-likeness (QED) is 0.944. The highest BCUT2D eigenvalue weighted by atomic mass is 32.1. The summed E-state index contributed by atoms with van der Waals surface area (Å²) in [6, 6.07) is 1.93. The molecule has 106 valence electrons. The minimum atomic E-state index is -0.964. The van der Waals surface area contributed by atoms with Gasteiger partial charge in [-0.3, -0.25) is 4.79 Å². The van der Waals surface area contributed by atoms with Crippen molar-refractivity contribution in [2.75, 3.05) is 7.11 Å². The first-order chi connectivity index (χ1) is 9.51. The van der Waals surface area contributed by atoms with Crippen LogP contribution in [0.15, 0.2) is 17.5 Å². The fourth-order valence-corrected chi connectivity index (χ4v) is 2.25. The minimum Gasteiger partial charge on any atom is -0.497 e. The number of carbonyl (C=O) groups excluding carboxylic acids is 1. The molecule has 0 spiro atoms. The number of carbonyl (C=O) groups is 1. The summed E-state index contributed by atoms with van der Waals surface area (Å²) >= 11 is 1.44. The van der Waals surface area contributed by atoms with Crippen molar-refractivity contribution in [1.29, 1.82) is 0 Å². The van der Waals surface area contributed by atoms with E-state index in [2.05, 4.69) is 10.3 Å². The van der Waals surface area contributed by atoms with Gasteiger partial charge in [-0.25, -0.2) is 13.8 Å². The van der Waals surface area contributed by atoms with Crippen LogP contribution in [0.3, 0.4) is 0 Å². The Balaban J connectivity index is 2.13. The lowest BCUT2D eigenvalue weighted by molar-refractivity contribution is 0.0942. The summed E-state index contributed by atoms with van der Waals surface area (Å²) in [5.41, 5.74) is 0.0212. The van der Waals surface area contributed by atoms with Crippen molar-refractivity contribution in [2.24, 2.45) is 0 Å². The number of nitrogens with zero attached hydrogens (tertiary/aromatic N) is 1. The van der Waals surface area contributed by atoms with Crippen LogP contribution in [0, 0.1) is 18.6 Å². The van der Waals surface area contributed by atoms with E-state index in [0.717, 1.165) is 17.1 Å². The number of halogens is 2. The molecule has 2 aromatic rings. The monoisotopic (exact) mass is 298 g/mol. The maximum absolute atomic E-state index is 13.7. The van der Waals surface area contributed by atoms with E-state index in [-0.39, 0.29) is 12.3 Å². The van der Waals surface area contributed by atoms with E-state index in [0.29, 0.717) is 5.69 Å². The van der Waals surface area contributed by atoms with Crippen molar-refractivity contribution in [3.63, 3.8) is 0 Å². The van der Waals surface area contributed by atoms with Crippen molar-refractivity contribution in [1.82, 2.24) is 10.3 Å². The molecule has 0 aliphatic carbocycles. The molecule has 7 heteroatoms. The van der Waals surface area contributed by atoms with Gasteiger partial charge in [0.15, 0.2) is 0 Å². The second-order valence-electron chi connectivity index (χ2n) is 4.01. The van der Waals surface area contributed by atoms with Crippen molar-refractivity contribution in [2.45, 2.75) is 13.5 Å². The summed E-state index contributed by atoms with van der Waals surface area (Å²) in [7, 11) is 1.29. The number of hydrogen-bond acceptors (Lipinski definition) is 4. The third-order valence-corrected chi connectivity index (χ3v) is 3.40. The summed E-state index contributed by atoms with van der Waals surface area (Å²) in [6.07, 6.45) is 0. The number of ether oxygens (including phenoxy) is 1. The molecule has 1 heterocycles. The Morgan fingerprint density at radius 1 is 1.40 bits per heavy atom. The van der Waals surface area contributed by atoms with E-state index < -0.39 is 23.1 Å². The van der Waals surface area contributed by atoms with Crippen LogP contribution in [0.4, 0.5) is 8.78 Å². The lowest BCUT2D eigenvalue weighted by Gasteiger charge is -2.08. The molecule has 1 aromatic heterocycles. The molecule has 0 atom stereocenters. The normalized spacial score (nSPS) is 10.4. The molecule has 4 nitrogen and oxygen atoms in total. The molecule has 0 radical (unpaired) electrons. The zero-order valence-electron chi connectivity index (χ0n) is 10.9. The fourth-order valence-electron chi connectivity index (χ4n) is 1.63. The maximum atomic E-state index is 13.7. The average molecular weight is 298 g/mol. The molecule has 0 bridgehead atoms. The Kier molecular flexibility index (Phi) is 4.29. The Labute approximate surface area is 118 Å². The Morgan fingerprint density at radius 3 is 2.55 bits per heavy atom. The Hall–Kier alpha value is -2.02. The Morgan fingerprint density at radius 2 is 2.05 bits per heavy atom. The molecule has 0 saturated carbocycles. The number of benzene rings is 1. The number of aromatic nitrogens is 1. The van der Waals surface area contributed by atoms with Crippen LogP contribution in [0.5, 0.6) is 5.75 Å². The summed E-state index contributed by atoms with van der Waals surface area (Å²) < 4.78 is 32.1.